The fourth-order valence-electron chi connectivity index (χ4n) is 3.22. The van der Waals surface area contributed by atoms with E-state index >= 15 is 0 Å². The minimum Gasteiger partial charge on any atom is -0.375 e. The van der Waals surface area contributed by atoms with Crippen LogP contribution in [-0.2, 0) is 14.8 Å². The average molecular weight is 306 g/mol. The maximum Gasteiger partial charge on any atom is 0.243 e. The van der Waals surface area contributed by atoms with Gasteiger partial charge in [-0.25, -0.2) is 8.42 Å². The summed E-state index contributed by atoms with van der Waals surface area (Å²) in [5.74, 6) is 0. The zero-order valence-corrected chi connectivity index (χ0v) is 12.6. The molecule has 1 heterocycles. The molecule has 2 atom stereocenters. The van der Waals surface area contributed by atoms with E-state index < -0.39 is 10.0 Å². The van der Waals surface area contributed by atoms with E-state index in [1.165, 1.54) is 6.07 Å². The van der Waals surface area contributed by atoms with Crippen LogP contribution in [0.1, 0.15) is 31.2 Å². The lowest BCUT2D eigenvalue weighted by molar-refractivity contribution is -0.0586. The van der Waals surface area contributed by atoms with E-state index in [-0.39, 0.29) is 17.0 Å². The molecule has 0 bridgehead atoms. The standard InChI is InChI=1S/C15H18N2O3S/c16-11-12-4-3-5-13(10-12)21(18,19)17-8-9-20-15-7-2-1-6-14(15)17/h3-5,10,14-15H,1-2,6-9H2. The van der Waals surface area contributed by atoms with Gasteiger partial charge in [-0.2, -0.15) is 9.57 Å². The molecular weight excluding hydrogens is 288 g/mol. The number of nitrogens with zero attached hydrogens (tertiary/aromatic N) is 2. The van der Waals surface area contributed by atoms with Gasteiger partial charge in [0, 0.05) is 6.54 Å². The second-order valence-corrected chi connectivity index (χ2v) is 7.41. The molecule has 0 radical (unpaired) electrons. The molecule has 1 aliphatic carbocycles. The molecule has 2 unspecified atom stereocenters. The van der Waals surface area contributed by atoms with Crippen LogP contribution in [0.2, 0.25) is 0 Å². The van der Waals surface area contributed by atoms with Gasteiger partial charge in [0.2, 0.25) is 10.0 Å². The van der Waals surface area contributed by atoms with Gasteiger partial charge >= 0.3 is 0 Å². The van der Waals surface area contributed by atoms with E-state index in [1.54, 1.807) is 22.5 Å². The number of fused-ring (bicyclic) bond motifs is 1. The SMILES string of the molecule is N#Cc1cccc(S(=O)(=O)N2CCOC3CCCCC32)c1. The summed E-state index contributed by atoms with van der Waals surface area (Å²) >= 11 is 0. The third-order valence-electron chi connectivity index (χ3n) is 4.25. The van der Waals surface area contributed by atoms with E-state index in [0.29, 0.717) is 18.7 Å². The van der Waals surface area contributed by atoms with Crippen molar-refractivity contribution in [2.45, 2.75) is 42.7 Å². The number of sulfonamides is 1. The predicted molar refractivity (Wildman–Crippen MR) is 77.0 cm³/mol. The maximum atomic E-state index is 12.9. The van der Waals surface area contributed by atoms with Crippen molar-refractivity contribution in [3.8, 4) is 6.07 Å². The molecule has 0 amide bonds. The van der Waals surface area contributed by atoms with Crippen molar-refractivity contribution < 1.29 is 13.2 Å². The van der Waals surface area contributed by atoms with Crippen LogP contribution in [0.4, 0.5) is 0 Å². The molecule has 1 aromatic rings. The number of hydrogen-bond donors (Lipinski definition) is 0. The lowest BCUT2D eigenvalue weighted by Crippen LogP contribution is -2.54. The molecular formula is C15H18N2O3S. The summed E-state index contributed by atoms with van der Waals surface area (Å²) in [6.07, 6.45) is 3.92. The molecule has 0 spiro atoms. The van der Waals surface area contributed by atoms with Gasteiger partial charge in [0.25, 0.3) is 0 Å². The van der Waals surface area contributed by atoms with E-state index in [1.807, 2.05) is 6.07 Å². The number of rotatable bonds is 2. The van der Waals surface area contributed by atoms with E-state index in [0.717, 1.165) is 25.7 Å². The fraction of sp³-hybridized carbons (Fsp3) is 0.533. The topological polar surface area (TPSA) is 70.4 Å². The van der Waals surface area contributed by atoms with Crippen LogP contribution >= 0.6 is 0 Å². The highest BCUT2D eigenvalue weighted by Gasteiger charge is 2.40. The molecule has 112 valence electrons. The smallest absolute Gasteiger partial charge is 0.243 e. The first kappa shape index (κ1) is 14.5. The Morgan fingerprint density at radius 1 is 1.29 bits per heavy atom. The molecule has 6 heteroatoms. The minimum atomic E-state index is -3.56. The Hall–Kier alpha value is -1.42. The number of benzene rings is 1. The van der Waals surface area contributed by atoms with Crippen LogP contribution < -0.4 is 0 Å². The Balaban J connectivity index is 1.94. The van der Waals surface area contributed by atoms with Crippen molar-refractivity contribution in [3.63, 3.8) is 0 Å². The molecule has 0 aromatic heterocycles. The van der Waals surface area contributed by atoms with E-state index in [4.69, 9.17) is 10.00 Å². The van der Waals surface area contributed by atoms with Gasteiger partial charge in [-0.05, 0) is 31.0 Å². The van der Waals surface area contributed by atoms with Crippen molar-refractivity contribution in [1.29, 1.82) is 5.26 Å². The Bertz CT molecular complexity index is 664. The third-order valence-corrected chi connectivity index (χ3v) is 6.17. The minimum absolute atomic E-state index is 0.0152. The fourth-order valence-corrected chi connectivity index (χ4v) is 4.93. The summed E-state index contributed by atoms with van der Waals surface area (Å²) in [5, 5.41) is 8.95. The predicted octanol–water partition coefficient (Wildman–Crippen LogP) is 1.89. The van der Waals surface area contributed by atoms with Crippen molar-refractivity contribution in [2.24, 2.45) is 0 Å². The average Bonchev–Trinajstić information content (AvgIpc) is 2.54. The number of morpholine rings is 1. The monoisotopic (exact) mass is 306 g/mol. The van der Waals surface area contributed by atoms with E-state index in [2.05, 4.69) is 0 Å². The van der Waals surface area contributed by atoms with Crippen LogP contribution in [0.15, 0.2) is 29.2 Å². The second-order valence-electron chi connectivity index (χ2n) is 5.52. The van der Waals surface area contributed by atoms with Gasteiger partial charge in [-0.15, -0.1) is 0 Å². The molecule has 0 N–H and O–H groups in total. The largest absolute Gasteiger partial charge is 0.375 e. The Labute approximate surface area is 125 Å². The number of hydrogen-bond acceptors (Lipinski definition) is 4. The maximum absolute atomic E-state index is 12.9. The van der Waals surface area contributed by atoms with E-state index in [9.17, 15) is 8.42 Å². The number of ether oxygens (including phenoxy) is 1. The van der Waals surface area contributed by atoms with Gasteiger partial charge in [-0.3, -0.25) is 0 Å². The molecule has 2 fully saturated rings. The van der Waals surface area contributed by atoms with Gasteiger partial charge in [0.1, 0.15) is 0 Å². The highest BCUT2D eigenvalue weighted by molar-refractivity contribution is 7.89. The van der Waals surface area contributed by atoms with Crippen LogP contribution in [0.5, 0.6) is 0 Å². The van der Waals surface area contributed by atoms with Crippen LogP contribution in [0.25, 0.3) is 0 Å². The Kier molecular flexibility index (Phi) is 3.98. The molecule has 21 heavy (non-hydrogen) atoms. The first-order valence-electron chi connectivity index (χ1n) is 7.26. The lowest BCUT2D eigenvalue weighted by atomic mass is 9.91. The molecule has 3 rings (SSSR count). The highest BCUT2D eigenvalue weighted by Crippen LogP contribution is 2.32. The van der Waals surface area contributed by atoms with Gasteiger partial charge in [0.15, 0.2) is 0 Å². The summed E-state index contributed by atoms with van der Waals surface area (Å²) in [6.45, 7) is 0.832. The molecule has 5 nitrogen and oxygen atoms in total. The molecule has 1 saturated carbocycles. The van der Waals surface area contributed by atoms with Crippen LogP contribution in [0, 0.1) is 11.3 Å². The normalized spacial score (nSPS) is 26.8. The summed E-state index contributed by atoms with van der Waals surface area (Å²) in [7, 11) is -3.56. The lowest BCUT2D eigenvalue weighted by Gasteiger charge is -2.42. The summed E-state index contributed by atoms with van der Waals surface area (Å²) in [6, 6.07) is 8.16. The quantitative estimate of drug-likeness (QED) is 0.836. The summed E-state index contributed by atoms with van der Waals surface area (Å²) in [4.78, 5) is 0.202. The molecule has 1 aliphatic heterocycles. The first-order chi connectivity index (χ1) is 10.1. The van der Waals surface area contributed by atoms with Gasteiger partial charge in [0.05, 0.1) is 35.3 Å². The zero-order chi connectivity index (χ0) is 14.9. The number of nitriles is 1. The van der Waals surface area contributed by atoms with Crippen LogP contribution in [-0.4, -0.2) is 38.0 Å². The molecule has 1 saturated heterocycles. The van der Waals surface area contributed by atoms with Crippen molar-refractivity contribution in [3.05, 3.63) is 29.8 Å². The third kappa shape index (κ3) is 2.69. The molecule has 2 aliphatic rings. The Morgan fingerprint density at radius 2 is 2.10 bits per heavy atom. The Morgan fingerprint density at radius 3 is 2.90 bits per heavy atom. The van der Waals surface area contributed by atoms with Crippen molar-refractivity contribution in [1.82, 2.24) is 4.31 Å². The molecule has 1 aromatic carbocycles. The first-order valence-corrected chi connectivity index (χ1v) is 8.70. The highest BCUT2D eigenvalue weighted by atomic mass is 32.2. The van der Waals surface area contributed by atoms with Gasteiger partial charge in [-0.1, -0.05) is 18.9 Å². The summed E-state index contributed by atoms with van der Waals surface area (Å²) < 4.78 is 33.1. The zero-order valence-electron chi connectivity index (χ0n) is 11.7. The van der Waals surface area contributed by atoms with Crippen molar-refractivity contribution >= 4 is 10.0 Å². The van der Waals surface area contributed by atoms with Crippen LogP contribution in [0.3, 0.4) is 0 Å². The summed E-state index contributed by atoms with van der Waals surface area (Å²) in [5.41, 5.74) is 0.365. The van der Waals surface area contributed by atoms with Gasteiger partial charge < -0.3 is 4.74 Å². The van der Waals surface area contributed by atoms with Crippen molar-refractivity contribution in [2.75, 3.05) is 13.2 Å². The second kappa shape index (κ2) is 5.76.